The topological polar surface area (TPSA) is 125 Å². The Kier molecular flexibility index (Phi) is 6.80. The highest BCUT2D eigenvalue weighted by atomic mass is 32.2. The van der Waals surface area contributed by atoms with Gasteiger partial charge in [0.1, 0.15) is 5.54 Å². The smallest absolute Gasteiger partial charge is 0.338 e. The molecule has 1 fully saturated rings. The van der Waals surface area contributed by atoms with E-state index in [9.17, 15) is 23.3 Å². The van der Waals surface area contributed by atoms with E-state index in [4.69, 9.17) is 4.74 Å². The quantitative estimate of drug-likeness (QED) is 0.601. The van der Waals surface area contributed by atoms with Crippen molar-refractivity contribution in [2.75, 3.05) is 6.61 Å². The molecule has 0 radical (unpaired) electrons. The monoisotopic (exact) mass is 407 g/mol. The van der Waals surface area contributed by atoms with Gasteiger partial charge in [0.25, 0.3) is 5.91 Å². The molecule has 1 aromatic carbocycles. The molecule has 28 heavy (non-hydrogen) atoms. The summed E-state index contributed by atoms with van der Waals surface area (Å²) >= 11 is 0. The molecule has 2 rings (SSSR count). The van der Waals surface area contributed by atoms with E-state index in [1.54, 1.807) is 13.8 Å². The van der Waals surface area contributed by atoms with Crippen molar-refractivity contribution in [1.29, 1.82) is 5.26 Å². The van der Waals surface area contributed by atoms with Gasteiger partial charge in [-0.25, -0.2) is 17.9 Å². The maximum atomic E-state index is 12.2. The number of amides is 1. The summed E-state index contributed by atoms with van der Waals surface area (Å²) in [5, 5.41) is 11.8. The summed E-state index contributed by atoms with van der Waals surface area (Å²) in [6, 6.07) is 7.16. The minimum atomic E-state index is -3.66. The van der Waals surface area contributed by atoms with Crippen molar-refractivity contribution in [1.82, 2.24) is 10.0 Å². The summed E-state index contributed by atoms with van der Waals surface area (Å²) in [4.78, 5) is 24.1. The van der Waals surface area contributed by atoms with E-state index in [1.807, 2.05) is 6.92 Å². The maximum Gasteiger partial charge on any atom is 0.338 e. The Morgan fingerprint density at radius 2 is 1.93 bits per heavy atom. The number of hydrogen-bond acceptors (Lipinski definition) is 6. The van der Waals surface area contributed by atoms with Crippen molar-refractivity contribution in [3.05, 3.63) is 29.8 Å². The largest absolute Gasteiger partial charge is 0.452 e. The third-order valence-corrected chi connectivity index (χ3v) is 6.33. The van der Waals surface area contributed by atoms with Gasteiger partial charge in [0, 0.05) is 6.04 Å². The maximum absolute atomic E-state index is 12.2. The molecule has 0 aliphatic heterocycles. The number of ether oxygens (including phenoxy) is 1. The molecule has 0 aromatic heterocycles. The van der Waals surface area contributed by atoms with Gasteiger partial charge < -0.3 is 10.1 Å². The summed E-state index contributed by atoms with van der Waals surface area (Å²) < 4.78 is 31.9. The van der Waals surface area contributed by atoms with Crippen LogP contribution in [0.2, 0.25) is 0 Å². The number of nitriles is 1. The van der Waals surface area contributed by atoms with Crippen molar-refractivity contribution >= 4 is 21.9 Å². The van der Waals surface area contributed by atoms with Crippen LogP contribution >= 0.6 is 0 Å². The molecule has 0 saturated heterocycles. The fourth-order valence-corrected chi connectivity index (χ4v) is 3.94. The van der Waals surface area contributed by atoms with E-state index in [0.29, 0.717) is 6.42 Å². The first-order chi connectivity index (χ1) is 13.1. The predicted octanol–water partition coefficient (Wildman–Crippen LogP) is 1.73. The second-order valence-corrected chi connectivity index (χ2v) is 8.88. The molecule has 8 nitrogen and oxygen atoms in total. The highest BCUT2D eigenvalue weighted by molar-refractivity contribution is 7.89. The highest BCUT2D eigenvalue weighted by Gasteiger charge is 2.43. The van der Waals surface area contributed by atoms with Crippen LogP contribution in [0.1, 0.15) is 50.4 Å². The van der Waals surface area contributed by atoms with Crippen LogP contribution in [-0.4, -0.2) is 38.5 Å². The van der Waals surface area contributed by atoms with Gasteiger partial charge in [-0.1, -0.05) is 6.92 Å². The Labute approximate surface area is 165 Å². The van der Waals surface area contributed by atoms with Crippen LogP contribution in [0.4, 0.5) is 0 Å². The molecule has 1 amide bonds. The second-order valence-electron chi connectivity index (χ2n) is 7.17. The molecule has 0 heterocycles. The van der Waals surface area contributed by atoms with Gasteiger partial charge in [-0.05, 0) is 63.3 Å². The molecule has 1 saturated carbocycles. The van der Waals surface area contributed by atoms with E-state index in [0.717, 1.165) is 12.8 Å². The summed E-state index contributed by atoms with van der Waals surface area (Å²) in [5.41, 5.74) is -0.831. The normalized spacial score (nSPS) is 17.1. The first kappa shape index (κ1) is 21.9. The van der Waals surface area contributed by atoms with Crippen molar-refractivity contribution < 1.29 is 22.7 Å². The average Bonchev–Trinajstić information content (AvgIpc) is 3.51. The molecule has 1 aliphatic carbocycles. The molecule has 2 N–H and O–H groups in total. The van der Waals surface area contributed by atoms with Crippen molar-refractivity contribution in [2.45, 2.75) is 56.5 Å². The van der Waals surface area contributed by atoms with E-state index in [2.05, 4.69) is 16.1 Å². The van der Waals surface area contributed by atoms with Crippen LogP contribution in [0.25, 0.3) is 0 Å². The van der Waals surface area contributed by atoms with E-state index >= 15 is 0 Å². The van der Waals surface area contributed by atoms with E-state index in [-0.39, 0.29) is 22.4 Å². The molecule has 2 atom stereocenters. The lowest BCUT2D eigenvalue weighted by atomic mass is 9.98. The number of nitrogens with zero attached hydrogens (tertiary/aromatic N) is 1. The van der Waals surface area contributed by atoms with Crippen LogP contribution in [0.3, 0.4) is 0 Å². The summed E-state index contributed by atoms with van der Waals surface area (Å²) in [5.74, 6) is -1.18. The third kappa shape index (κ3) is 5.53. The molecule has 0 unspecified atom stereocenters. The fraction of sp³-hybridized carbons (Fsp3) is 0.526. The van der Waals surface area contributed by atoms with Crippen LogP contribution in [0.15, 0.2) is 29.2 Å². The zero-order valence-electron chi connectivity index (χ0n) is 16.2. The highest BCUT2D eigenvalue weighted by Crippen LogP contribution is 2.39. The van der Waals surface area contributed by atoms with E-state index in [1.165, 1.54) is 24.3 Å². The van der Waals surface area contributed by atoms with Gasteiger partial charge in [0.05, 0.1) is 16.5 Å². The molecule has 9 heteroatoms. The minimum Gasteiger partial charge on any atom is -0.452 e. The number of benzene rings is 1. The standard InChI is InChI=1S/C19H25N3O5S/c1-4-13(2)22-28(25,26)16-9-5-14(6-10-16)18(24)27-11-17(23)21-19(3,12-20)15-7-8-15/h5-6,9-10,13,15,22H,4,7-8,11H2,1-3H3,(H,21,23)/t13-,19+/m1/s1. The molecule has 1 aliphatic rings. The Morgan fingerprint density at radius 1 is 1.32 bits per heavy atom. The Morgan fingerprint density at radius 3 is 2.43 bits per heavy atom. The van der Waals surface area contributed by atoms with Gasteiger partial charge in [-0.15, -0.1) is 0 Å². The van der Waals surface area contributed by atoms with Crippen LogP contribution in [-0.2, 0) is 19.6 Å². The van der Waals surface area contributed by atoms with Crippen molar-refractivity contribution in [3.8, 4) is 6.07 Å². The van der Waals surface area contributed by atoms with Gasteiger partial charge in [0.2, 0.25) is 10.0 Å². The SMILES string of the molecule is CC[C@@H](C)NS(=O)(=O)c1ccc(C(=O)OCC(=O)N[C@@](C)(C#N)C2CC2)cc1. The zero-order valence-corrected chi connectivity index (χ0v) is 17.0. The Balaban J connectivity index is 1.92. The van der Waals surface area contributed by atoms with Gasteiger partial charge in [-0.3, -0.25) is 4.79 Å². The Hall–Kier alpha value is -2.44. The summed E-state index contributed by atoms with van der Waals surface area (Å²) in [7, 11) is -3.66. The predicted molar refractivity (Wildman–Crippen MR) is 102 cm³/mol. The van der Waals surface area contributed by atoms with Gasteiger partial charge in [-0.2, -0.15) is 5.26 Å². The Bertz CT molecular complexity index is 872. The summed E-state index contributed by atoms with van der Waals surface area (Å²) in [6.07, 6.45) is 2.41. The number of rotatable bonds is 9. The molecule has 0 bridgehead atoms. The second kappa shape index (κ2) is 8.71. The van der Waals surface area contributed by atoms with Gasteiger partial charge >= 0.3 is 5.97 Å². The lowest BCUT2D eigenvalue weighted by Crippen LogP contribution is -2.48. The summed E-state index contributed by atoms with van der Waals surface area (Å²) in [6.45, 7) is 4.76. The number of sulfonamides is 1. The van der Waals surface area contributed by atoms with Crippen molar-refractivity contribution in [2.24, 2.45) is 5.92 Å². The molecular formula is C19H25N3O5S. The number of carbonyl (C=O) groups excluding carboxylic acids is 2. The number of hydrogen-bond donors (Lipinski definition) is 2. The van der Waals surface area contributed by atoms with Crippen LogP contribution in [0.5, 0.6) is 0 Å². The third-order valence-electron chi connectivity index (χ3n) is 4.73. The van der Waals surface area contributed by atoms with Gasteiger partial charge in [0.15, 0.2) is 6.61 Å². The van der Waals surface area contributed by atoms with E-state index < -0.39 is 34.0 Å². The first-order valence-corrected chi connectivity index (χ1v) is 10.6. The molecule has 1 aromatic rings. The average molecular weight is 407 g/mol. The number of nitrogens with one attached hydrogen (secondary N) is 2. The van der Waals surface area contributed by atoms with Crippen LogP contribution < -0.4 is 10.0 Å². The molecular weight excluding hydrogens is 382 g/mol. The lowest BCUT2D eigenvalue weighted by molar-refractivity contribution is -0.125. The van der Waals surface area contributed by atoms with Crippen molar-refractivity contribution in [3.63, 3.8) is 0 Å². The zero-order chi connectivity index (χ0) is 20.9. The number of esters is 1. The number of carbonyl (C=O) groups is 2. The minimum absolute atomic E-state index is 0.0383. The lowest BCUT2D eigenvalue weighted by Gasteiger charge is -2.22. The van der Waals surface area contributed by atoms with Crippen LogP contribution in [0, 0.1) is 17.2 Å². The molecule has 0 spiro atoms. The molecule has 152 valence electrons. The fourth-order valence-electron chi connectivity index (χ4n) is 2.61. The first-order valence-electron chi connectivity index (χ1n) is 9.13.